The minimum Gasteiger partial charge on any atom is -0.384 e. The Morgan fingerprint density at radius 1 is 1.43 bits per heavy atom. The van der Waals surface area contributed by atoms with Crippen LogP contribution >= 0.6 is 0 Å². The fraction of sp³-hybridized carbons (Fsp3) is 0.909. The maximum absolute atomic E-state index is 11.7. The Morgan fingerprint density at radius 3 is 2.93 bits per heavy atom. The van der Waals surface area contributed by atoms with Crippen LogP contribution in [0.2, 0.25) is 0 Å². The fourth-order valence-electron chi connectivity index (χ4n) is 1.86. The molecule has 0 aromatic carbocycles. The van der Waals surface area contributed by atoms with Gasteiger partial charge in [-0.2, -0.15) is 0 Å². The number of methoxy groups -OCH3 is 1. The third-order valence-electron chi connectivity index (χ3n) is 2.89. The molecule has 0 aromatic rings. The van der Waals surface area contributed by atoms with Crippen molar-refractivity contribution in [3.63, 3.8) is 0 Å². The van der Waals surface area contributed by atoms with Crippen LogP contribution in [0.1, 0.15) is 32.6 Å². The predicted molar refractivity (Wildman–Crippen MR) is 56.1 cm³/mol. The van der Waals surface area contributed by atoms with E-state index < -0.39 is 0 Å². The van der Waals surface area contributed by atoms with Gasteiger partial charge in [0.25, 0.3) is 0 Å². The van der Waals surface area contributed by atoms with E-state index in [-0.39, 0.29) is 5.91 Å². The van der Waals surface area contributed by atoms with Gasteiger partial charge in [0.1, 0.15) is 0 Å². The summed E-state index contributed by atoms with van der Waals surface area (Å²) in [6, 6.07) is 0. The van der Waals surface area contributed by atoms with Gasteiger partial charge in [0.15, 0.2) is 0 Å². The zero-order valence-corrected chi connectivity index (χ0v) is 9.29. The molecule has 0 bridgehead atoms. The number of rotatable bonds is 3. The Hall–Kier alpha value is -0.570. The summed E-state index contributed by atoms with van der Waals surface area (Å²) in [5, 5.41) is 0. The molecule has 1 aliphatic heterocycles. The number of amides is 1. The summed E-state index contributed by atoms with van der Waals surface area (Å²) < 4.78 is 4.91. The maximum atomic E-state index is 11.7. The summed E-state index contributed by atoms with van der Waals surface area (Å²) >= 11 is 0. The Labute approximate surface area is 86.4 Å². The van der Waals surface area contributed by atoms with Gasteiger partial charge in [-0.15, -0.1) is 0 Å². The molecule has 1 unspecified atom stereocenters. The molecular formula is C11H21NO2. The van der Waals surface area contributed by atoms with Crippen molar-refractivity contribution in [3.8, 4) is 0 Å². The summed E-state index contributed by atoms with van der Waals surface area (Å²) in [7, 11) is 1.64. The van der Waals surface area contributed by atoms with Crippen molar-refractivity contribution < 1.29 is 9.53 Å². The molecule has 3 heteroatoms. The molecule has 14 heavy (non-hydrogen) atoms. The first-order valence-corrected chi connectivity index (χ1v) is 5.50. The molecule has 0 aliphatic carbocycles. The van der Waals surface area contributed by atoms with Gasteiger partial charge >= 0.3 is 0 Å². The highest BCUT2D eigenvalue weighted by molar-refractivity contribution is 5.76. The standard InChI is InChI=1S/C11H21NO2/c1-10-4-3-7-12(8-5-10)11(13)6-9-14-2/h10H,3-9H2,1-2H3. The van der Waals surface area contributed by atoms with Crippen molar-refractivity contribution in [2.75, 3.05) is 26.8 Å². The third-order valence-corrected chi connectivity index (χ3v) is 2.89. The van der Waals surface area contributed by atoms with Gasteiger partial charge in [-0.25, -0.2) is 0 Å². The molecule has 0 radical (unpaired) electrons. The van der Waals surface area contributed by atoms with E-state index >= 15 is 0 Å². The van der Waals surface area contributed by atoms with E-state index in [2.05, 4.69) is 6.92 Å². The van der Waals surface area contributed by atoms with Gasteiger partial charge in [-0.05, 0) is 25.2 Å². The van der Waals surface area contributed by atoms with Crippen molar-refractivity contribution in [2.45, 2.75) is 32.6 Å². The zero-order chi connectivity index (χ0) is 10.4. The van der Waals surface area contributed by atoms with Crippen LogP contribution in [0.5, 0.6) is 0 Å². The van der Waals surface area contributed by atoms with Crippen LogP contribution in [-0.4, -0.2) is 37.6 Å². The molecule has 0 N–H and O–H groups in total. The molecule has 1 amide bonds. The zero-order valence-electron chi connectivity index (χ0n) is 9.29. The quantitative estimate of drug-likeness (QED) is 0.692. The van der Waals surface area contributed by atoms with Gasteiger partial charge in [0.2, 0.25) is 5.91 Å². The summed E-state index contributed by atoms with van der Waals surface area (Å²) in [6.45, 7) is 4.69. The van der Waals surface area contributed by atoms with Crippen LogP contribution in [0.3, 0.4) is 0 Å². The fourth-order valence-corrected chi connectivity index (χ4v) is 1.86. The highest BCUT2D eigenvalue weighted by Gasteiger charge is 2.17. The molecule has 1 heterocycles. The number of nitrogens with zero attached hydrogens (tertiary/aromatic N) is 1. The van der Waals surface area contributed by atoms with E-state index in [0.717, 1.165) is 31.8 Å². The Kier molecular flexibility index (Phi) is 4.94. The van der Waals surface area contributed by atoms with Crippen molar-refractivity contribution in [3.05, 3.63) is 0 Å². The maximum Gasteiger partial charge on any atom is 0.224 e. The summed E-state index contributed by atoms with van der Waals surface area (Å²) in [5.41, 5.74) is 0. The number of carbonyl (C=O) groups is 1. The van der Waals surface area contributed by atoms with Crippen LogP contribution in [-0.2, 0) is 9.53 Å². The highest BCUT2D eigenvalue weighted by Crippen LogP contribution is 2.16. The molecule has 1 rings (SSSR count). The summed E-state index contributed by atoms with van der Waals surface area (Å²) in [6.07, 6.45) is 4.09. The van der Waals surface area contributed by atoms with Gasteiger partial charge in [-0.1, -0.05) is 6.92 Å². The number of carbonyl (C=O) groups excluding carboxylic acids is 1. The first-order valence-electron chi connectivity index (χ1n) is 5.50. The number of ether oxygens (including phenoxy) is 1. The van der Waals surface area contributed by atoms with E-state index in [1.165, 1.54) is 6.42 Å². The van der Waals surface area contributed by atoms with Crippen LogP contribution in [0.4, 0.5) is 0 Å². The molecule has 0 saturated carbocycles. The van der Waals surface area contributed by atoms with Gasteiger partial charge in [0, 0.05) is 20.2 Å². The van der Waals surface area contributed by atoms with Gasteiger partial charge in [0.05, 0.1) is 13.0 Å². The van der Waals surface area contributed by atoms with Crippen molar-refractivity contribution in [1.29, 1.82) is 0 Å². The average Bonchev–Trinajstić information content (AvgIpc) is 2.39. The van der Waals surface area contributed by atoms with E-state index in [0.29, 0.717) is 13.0 Å². The topological polar surface area (TPSA) is 29.5 Å². The van der Waals surface area contributed by atoms with Crippen molar-refractivity contribution in [1.82, 2.24) is 4.90 Å². The van der Waals surface area contributed by atoms with Crippen LogP contribution in [0, 0.1) is 5.92 Å². The molecule has 0 spiro atoms. The predicted octanol–water partition coefficient (Wildman–Crippen LogP) is 1.67. The van der Waals surface area contributed by atoms with Crippen LogP contribution in [0.25, 0.3) is 0 Å². The van der Waals surface area contributed by atoms with E-state index in [1.807, 2.05) is 4.90 Å². The molecule has 1 saturated heterocycles. The molecule has 3 nitrogen and oxygen atoms in total. The minimum atomic E-state index is 0.251. The van der Waals surface area contributed by atoms with Gasteiger partial charge < -0.3 is 9.64 Å². The Balaban J connectivity index is 2.31. The lowest BCUT2D eigenvalue weighted by atomic mass is 10.0. The first kappa shape index (κ1) is 11.5. The van der Waals surface area contributed by atoms with Crippen molar-refractivity contribution in [2.24, 2.45) is 5.92 Å². The Bertz CT molecular complexity index is 182. The second-order valence-electron chi connectivity index (χ2n) is 4.16. The van der Waals surface area contributed by atoms with Crippen LogP contribution in [0.15, 0.2) is 0 Å². The highest BCUT2D eigenvalue weighted by atomic mass is 16.5. The number of likely N-dealkylation sites (tertiary alicyclic amines) is 1. The monoisotopic (exact) mass is 199 g/mol. The molecular weight excluding hydrogens is 178 g/mol. The Morgan fingerprint density at radius 2 is 2.21 bits per heavy atom. The second-order valence-corrected chi connectivity index (χ2v) is 4.16. The normalized spacial score (nSPS) is 23.3. The lowest BCUT2D eigenvalue weighted by Crippen LogP contribution is -2.32. The first-order chi connectivity index (χ1) is 6.74. The number of hydrogen-bond acceptors (Lipinski definition) is 2. The molecule has 1 atom stereocenters. The summed E-state index contributed by atoms with van der Waals surface area (Å²) in [4.78, 5) is 13.7. The second kappa shape index (κ2) is 6.02. The molecule has 1 fully saturated rings. The smallest absolute Gasteiger partial charge is 0.224 e. The third kappa shape index (κ3) is 3.66. The molecule has 82 valence electrons. The molecule has 1 aliphatic rings. The van der Waals surface area contributed by atoms with Crippen LogP contribution < -0.4 is 0 Å². The number of hydrogen-bond donors (Lipinski definition) is 0. The van der Waals surface area contributed by atoms with E-state index in [9.17, 15) is 4.79 Å². The average molecular weight is 199 g/mol. The SMILES string of the molecule is COCCC(=O)N1CCCC(C)CC1. The summed E-state index contributed by atoms with van der Waals surface area (Å²) in [5.74, 6) is 1.02. The van der Waals surface area contributed by atoms with E-state index in [1.54, 1.807) is 7.11 Å². The van der Waals surface area contributed by atoms with Gasteiger partial charge in [-0.3, -0.25) is 4.79 Å². The molecule has 0 aromatic heterocycles. The lowest BCUT2D eigenvalue weighted by Gasteiger charge is -2.20. The van der Waals surface area contributed by atoms with Crippen molar-refractivity contribution >= 4 is 5.91 Å². The minimum absolute atomic E-state index is 0.251. The largest absolute Gasteiger partial charge is 0.384 e. The lowest BCUT2D eigenvalue weighted by molar-refractivity contribution is -0.132. The van der Waals surface area contributed by atoms with E-state index in [4.69, 9.17) is 4.74 Å².